The summed E-state index contributed by atoms with van der Waals surface area (Å²) in [4.78, 5) is 23.2. The van der Waals surface area contributed by atoms with Crippen molar-refractivity contribution < 1.29 is 19.8 Å². The van der Waals surface area contributed by atoms with Gasteiger partial charge in [0.25, 0.3) is 0 Å². The maximum absolute atomic E-state index is 12.0. The molecule has 1 aliphatic heterocycles. The standard InChI is InChI=1S/C18H19Cl2NO4/c19-14-5-4-10(6-15(14)20)12-3-1-2-11-8-21-9-18(11,12)13(17(24)25)7-16(22)23/h4-7,11-12,21H,1-3,8-9H2,(H,22,23)(H,24,25)/t11-,12+,18-/m0/s1. The molecule has 0 bridgehead atoms. The summed E-state index contributed by atoms with van der Waals surface area (Å²) in [5, 5.41) is 23.1. The summed E-state index contributed by atoms with van der Waals surface area (Å²) in [5.74, 6) is -2.47. The normalized spacial score (nSPS) is 29.3. The van der Waals surface area contributed by atoms with Crippen molar-refractivity contribution >= 4 is 35.1 Å². The van der Waals surface area contributed by atoms with Gasteiger partial charge in [0, 0.05) is 18.0 Å². The first-order chi connectivity index (χ1) is 11.9. The van der Waals surface area contributed by atoms with Gasteiger partial charge in [-0.2, -0.15) is 0 Å². The summed E-state index contributed by atoms with van der Waals surface area (Å²) in [7, 11) is 0. The highest BCUT2D eigenvalue weighted by molar-refractivity contribution is 6.42. The molecule has 1 heterocycles. The zero-order valence-electron chi connectivity index (χ0n) is 13.5. The van der Waals surface area contributed by atoms with Crippen LogP contribution >= 0.6 is 23.2 Å². The third kappa shape index (κ3) is 3.16. The van der Waals surface area contributed by atoms with Gasteiger partial charge in [-0.25, -0.2) is 9.59 Å². The second-order valence-electron chi connectivity index (χ2n) is 6.73. The molecule has 0 amide bonds. The third-order valence-corrected chi connectivity index (χ3v) is 6.29. The van der Waals surface area contributed by atoms with Crippen LogP contribution in [0.4, 0.5) is 0 Å². The van der Waals surface area contributed by atoms with E-state index < -0.39 is 17.4 Å². The number of rotatable bonds is 4. The fraction of sp³-hybridized carbons (Fsp3) is 0.444. The highest BCUT2D eigenvalue weighted by Gasteiger charge is 2.55. The number of aliphatic carboxylic acids is 2. The molecule has 134 valence electrons. The molecule has 0 radical (unpaired) electrons. The number of benzene rings is 1. The van der Waals surface area contributed by atoms with Crippen LogP contribution in [0.1, 0.15) is 30.7 Å². The first-order valence-electron chi connectivity index (χ1n) is 8.20. The van der Waals surface area contributed by atoms with E-state index in [4.69, 9.17) is 23.2 Å². The Hall–Kier alpha value is -1.56. The van der Waals surface area contributed by atoms with Crippen molar-refractivity contribution in [3.8, 4) is 0 Å². The first kappa shape index (κ1) is 18.2. The van der Waals surface area contributed by atoms with Crippen LogP contribution < -0.4 is 5.32 Å². The quantitative estimate of drug-likeness (QED) is 0.691. The number of fused-ring (bicyclic) bond motifs is 1. The lowest BCUT2D eigenvalue weighted by Crippen LogP contribution is -2.44. The Labute approximate surface area is 155 Å². The fourth-order valence-corrected chi connectivity index (χ4v) is 4.89. The van der Waals surface area contributed by atoms with Gasteiger partial charge in [0.2, 0.25) is 0 Å². The van der Waals surface area contributed by atoms with Crippen LogP contribution in [0.2, 0.25) is 10.0 Å². The predicted octanol–water partition coefficient (Wildman–Crippen LogP) is 3.56. The third-order valence-electron chi connectivity index (χ3n) is 5.55. The molecule has 7 heteroatoms. The summed E-state index contributed by atoms with van der Waals surface area (Å²) in [5.41, 5.74) is 0.103. The molecule has 1 saturated heterocycles. The molecule has 2 fully saturated rings. The summed E-state index contributed by atoms with van der Waals surface area (Å²) in [6.45, 7) is 1.12. The molecule has 1 aromatic carbocycles. The van der Waals surface area contributed by atoms with E-state index in [1.165, 1.54) is 0 Å². The molecule has 2 aliphatic rings. The van der Waals surface area contributed by atoms with Crippen LogP contribution in [0.15, 0.2) is 29.8 Å². The second-order valence-corrected chi connectivity index (χ2v) is 7.54. The van der Waals surface area contributed by atoms with Crippen molar-refractivity contribution in [3.63, 3.8) is 0 Å². The second kappa shape index (κ2) is 6.98. The molecule has 0 unspecified atom stereocenters. The van der Waals surface area contributed by atoms with Gasteiger partial charge in [0.1, 0.15) is 0 Å². The predicted molar refractivity (Wildman–Crippen MR) is 95.2 cm³/mol. The number of hydrogen-bond acceptors (Lipinski definition) is 3. The van der Waals surface area contributed by atoms with Gasteiger partial charge in [-0.3, -0.25) is 0 Å². The number of carboxylic acids is 2. The number of halogens is 2. The minimum Gasteiger partial charge on any atom is -0.478 e. The van der Waals surface area contributed by atoms with Gasteiger partial charge in [-0.05, 0) is 48.9 Å². The average molecular weight is 384 g/mol. The summed E-state index contributed by atoms with van der Waals surface area (Å²) in [6.07, 6.45) is 3.46. The highest BCUT2D eigenvalue weighted by Crippen LogP contribution is 2.57. The van der Waals surface area contributed by atoms with Crippen molar-refractivity contribution in [2.75, 3.05) is 13.1 Å². The van der Waals surface area contributed by atoms with Gasteiger partial charge in [0.15, 0.2) is 0 Å². The van der Waals surface area contributed by atoms with Crippen molar-refractivity contribution in [1.82, 2.24) is 5.32 Å². The molecular weight excluding hydrogens is 365 g/mol. The molecule has 1 aromatic rings. The van der Waals surface area contributed by atoms with E-state index in [-0.39, 0.29) is 17.4 Å². The molecule has 25 heavy (non-hydrogen) atoms. The van der Waals surface area contributed by atoms with Gasteiger partial charge in [0.05, 0.1) is 15.6 Å². The monoisotopic (exact) mass is 383 g/mol. The van der Waals surface area contributed by atoms with Crippen LogP contribution in [0.25, 0.3) is 0 Å². The number of carbonyl (C=O) groups is 2. The number of nitrogens with one attached hydrogen (secondary N) is 1. The van der Waals surface area contributed by atoms with Crippen molar-refractivity contribution in [3.05, 3.63) is 45.5 Å². The van der Waals surface area contributed by atoms with Crippen LogP contribution in [-0.4, -0.2) is 35.2 Å². The molecule has 0 spiro atoms. The summed E-state index contributed by atoms with van der Waals surface area (Å²) in [6, 6.07) is 5.35. The van der Waals surface area contributed by atoms with Crippen molar-refractivity contribution in [1.29, 1.82) is 0 Å². The van der Waals surface area contributed by atoms with Crippen LogP contribution in [0.5, 0.6) is 0 Å². The van der Waals surface area contributed by atoms with Crippen LogP contribution in [0, 0.1) is 11.3 Å². The maximum atomic E-state index is 12.0. The smallest absolute Gasteiger partial charge is 0.332 e. The Bertz CT molecular complexity index is 749. The Kier molecular flexibility index (Phi) is 5.09. The van der Waals surface area contributed by atoms with Crippen LogP contribution in [0.3, 0.4) is 0 Å². The zero-order valence-corrected chi connectivity index (χ0v) is 15.0. The Balaban J connectivity index is 2.17. The van der Waals surface area contributed by atoms with Gasteiger partial charge in [-0.1, -0.05) is 35.7 Å². The average Bonchev–Trinajstić information content (AvgIpc) is 2.99. The minimum atomic E-state index is -1.24. The SMILES string of the molecule is O=C(O)C=C(C(=O)O)[C@@]12CNC[C@@H]1CCC[C@@H]2c1ccc(Cl)c(Cl)c1. The molecule has 5 nitrogen and oxygen atoms in total. The van der Waals surface area contributed by atoms with Crippen molar-refractivity contribution in [2.24, 2.45) is 11.3 Å². The van der Waals surface area contributed by atoms with E-state index in [2.05, 4.69) is 5.32 Å². The van der Waals surface area contributed by atoms with E-state index in [0.29, 0.717) is 23.1 Å². The molecule has 3 rings (SSSR count). The lowest BCUT2D eigenvalue weighted by Gasteiger charge is -2.46. The van der Waals surface area contributed by atoms with Gasteiger partial charge >= 0.3 is 11.9 Å². The van der Waals surface area contributed by atoms with E-state index in [0.717, 1.165) is 30.9 Å². The van der Waals surface area contributed by atoms with E-state index >= 15 is 0 Å². The number of hydrogen-bond donors (Lipinski definition) is 3. The van der Waals surface area contributed by atoms with Gasteiger partial charge in [-0.15, -0.1) is 0 Å². The molecule has 0 aromatic heterocycles. The lowest BCUT2D eigenvalue weighted by atomic mass is 9.56. The Morgan fingerprint density at radius 3 is 2.60 bits per heavy atom. The van der Waals surface area contributed by atoms with Crippen LogP contribution in [-0.2, 0) is 9.59 Å². The fourth-order valence-electron chi connectivity index (χ4n) is 4.59. The van der Waals surface area contributed by atoms with Crippen molar-refractivity contribution in [2.45, 2.75) is 25.2 Å². The van der Waals surface area contributed by atoms with E-state index in [9.17, 15) is 19.8 Å². The number of carboxylic acid groups (broad SMARTS) is 2. The zero-order chi connectivity index (χ0) is 18.2. The van der Waals surface area contributed by atoms with E-state index in [1.54, 1.807) is 12.1 Å². The lowest BCUT2D eigenvalue weighted by molar-refractivity contribution is -0.136. The Morgan fingerprint density at radius 1 is 1.20 bits per heavy atom. The molecule has 1 aliphatic carbocycles. The molecular formula is C18H19Cl2NO4. The Morgan fingerprint density at radius 2 is 1.96 bits per heavy atom. The first-order valence-corrected chi connectivity index (χ1v) is 8.96. The van der Waals surface area contributed by atoms with E-state index in [1.807, 2.05) is 6.07 Å². The molecule has 3 atom stereocenters. The molecule has 3 N–H and O–H groups in total. The topological polar surface area (TPSA) is 86.6 Å². The summed E-state index contributed by atoms with van der Waals surface area (Å²) < 4.78 is 0. The maximum Gasteiger partial charge on any atom is 0.332 e. The largest absolute Gasteiger partial charge is 0.478 e. The minimum absolute atomic E-state index is 0.0363. The highest BCUT2D eigenvalue weighted by atomic mass is 35.5. The molecule has 1 saturated carbocycles. The summed E-state index contributed by atoms with van der Waals surface area (Å²) >= 11 is 12.2. The van der Waals surface area contributed by atoms with Gasteiger partial charge < -0.3 is 15.5 Å².